The summed E-state index contributed by atoms with van der Waals surface area (Å²) in [6.45, 7) is 9.60. The molecule has 94 valence electrons. The van der Waals surface area contributed by atoms with Crippen LogP contribution in [0.3, 0.4) is 0 Å². The summed E-state index contributed by atoms with van der Waals surface area (Å²) in [5.41, 5.74) is 6.18. The third-order valence-electron chi connectivity index (χ3n) is 1.93. The molecule has 0 spiro atoms. The first kappa shape index (κ1) is 17.4. The second-order valence-electron chi connectivity index (χ2n) is 5.90. The Labute approximate surface area is 121 Å². The van der Waals surface area contributed by atoms with Crippen LogP contribution in [0.15, 0.2) is 0 Å². The molecule has 0 unspecified atom stereocenters. The molecule has 0 aliphatic heterocycles. The van der Waals surface area contributed by atoms with Crippen molar-refractivity contribution >= 4 is 68.2 Å². The van der Waals surface area contributed by atoms with Gasteiger partial charge in [-0.25, -0.2) is 0 Å². The first-order valence-corrected chi connectivity index (χ1v) is 16.8. The summed E-state index contributed by atoms with van der Waals surface area (Å²) in [5.74, 6) is 0. The number of hydrogen-bond donors (Lipinski definition) is 0. The molecule has 0 bridgehead atoms. The van der Waals surface area contributed by atoms with E-state index < -0.39 is 26.4 Å². The molecule has 0 rings (SSSR count). The minimum atomic E-state index is -2.97. The lowest BCUT2D eigenvalue weighted by Crippen LogP contribution is -2.57. The molecule has 0 fully saturated rings. The predicted octanol–water partition coefficient (Wildman–Crippen LogP) is 4.92. The van der Waals surface area contributed by atoms with Crippen molar-refractivity contribution in [2.75, 3.05) is 0 Å². The molecule has 0 saturated heterocycles. The van der Waals surface area contributed by atoms with Crippen LogP contribution < -0.4 is 0 Å². The van der Waals surface area contributed by atoms with Gasteiger partial charge in [-0.1, -0.05) is 44.8 Å². The van der Waals surface area contributed by atoms with E-state index in [1.165, 1.54) is 0 Å². The second kappa shape index (κ2) is 5.16. The minimum absolute atomic E-state index is 1.05. The molecule has 0 aromatic carbocycles. The average molecular weight is 352 g/mol. The van der Waals surface area contributed by atoms with E-state index in [-0.39, 0.29) is 0 Å². The lowest BCUT2D eigenvalue weighted by molar-refractivity contribution is 1.45. The normalized spacial score (nSPS) is 14.4. The molecule has 16 heavy (non-hydrogen) atoms. The zero-order valence-electron chi connectivity index (χ0n) is 10.5. The molecule has 7 heteroatoms. The Morgan fingerprint density at radius 2 is 1.19 bits per heavy atom. The summed E-state index contributed by atoms with van der Waals surface area (Å²) in [6, 6.07) is 0. The van der Waals surface area contributed by atoms with Gasteiger partial charge < -0.3 is 0 Å². The quantitative estimate of drug-likeness (QED) is 0.287. The molecule has 0 atom stereocenters. The highest BCUT2D eigenvalue weighted by atomic mass is 35.7. The molecular weight excluding hydrogens is 334 g/mol. The summed E-state index contributed by atoms with van der Waals surface area (Å²) in [5, 5.41) is 0. The van der Waals surface area contributed by atoms with E-state index in [0.717, 1.165) is 0 Å². The summed E-state index contributed by atoms with van der Waals surface area (Å²) in [4.78, 5) is 0. The second-order valence-corrected chi connectivity index (χ2v) is 25.1. The lowest BCUT2D eigenvalue weighted by atomic mass is 11.4. The van der Waals surface area contributed by atoms with Crippen molar-refractivity contribution in [3.8, 4) is 11.1 Å². The van der Waals surface area contributed by atoms with Crippen molar-refractivity contribution in [3.05, 3.63) is 0 Å². The van der Waals surface area contributed by atoms with Crippen LogP contribution in [0.4, 0.5) is 0 Å². The van der Waals surface area contributed by atoms with Gasteiger partial charge >= 0.3 is 6.69 Å². The SMILES string of the molecule is C[Si](C)(C)C#C[Si](Cl)(Cl)C(Cl)(Cl)[Si](C)(C)C. The summed E-state index contributed by atoms with van der Waals surface area (Å²) in [6.07, 6.45) is 0. The monoisotopic (exact) mass is 350 g/mol. The van der Waals surface area contributed by atoms with Gasteiger partial charge in [0.25, 0.3) is 0 Å². The molecule has 0 radical (unpaired) electrons. The smallest absolute Gasteiger partial charge is 0.136 e. The lowest BCUT2D eigenvalue weighted by Gasteiger charge is -2.36. The minimum Gasteiger partial charge on any atom is -0.136 e. The molecule has 0 aromatic rings. The van der Waals surface area contributed by atoms with Crippen LogP contribution in [0.1, 0.15) is 0 Å². The Hall–Kier alpha value is 1.37. The maximum absolute atomic E-state index is 6.37. The maximum atomic E-state index is 6.37. The van der Waals surface area contributed by atoms with Gasteiger partial charge in [0, 0.05) is 0 Å². The first-order chi connectivity index (χ1) is 6.71. The average Bonchev–Trinajstić information content (AvgIpc) is 1.97. The van der Waals surface area contributed by atoms with Crippen LogP contribution in [0.5, 0.6) is 0 Å². The summed E-state index contributed by atoms with van der Waals surface area (Å²) < 4.78 is -1.05. The summed E-state index contributed by atoms with van der Waals surface area (Å²) in [7, 11) is -3.38. The molecular formula is C9H18Cl4Si3. The Bertz CT molecular complexity index is 314. The van der Waals surface area contributed by atoms with E-state index in [0.29, 0.717) is 0 Å². The standard InChI is InChI=1S/C9H18Cl4Si3/c1-14(2,3)7-8-16(12,13)9(10,11)15(4,5)6/h1-6H3. The Kier molecular flexibility index (Phi) is 5.61. The van der Waals surface area contributed by atoms with Crippen LogP contribution in [0.25, 0.3) is 0 Å². The molecule has 0 heterocycles. The van der Waals surface area contributed by atoms with Gasteiger partial charge in [0.2, 0.25) is 0 Å². The zero-order chi connectivity index (χ0) is 13.4. The van der Waals surface area contributed by atoms with Crippen molar-refractivity contribution < 1.29 is 0 Å². The van der Waals surface area contributed by atoms with Gasteiger partial charge in [-0.2, -0.15) is 0 Å². The molecule has 0 N–H and O–H groups in total. The highest BCUT2D eigenvalue weighted by molar-refractivity contribution is 7.57. The van der Waals surface area contributed by atoms with Crippen molar-refractivity contribution in [1.82, 2.24) is 0 Å². The number of alkyl halides is 2. The van der Waals surface area contributed by atoms with Gasteiger partial charge in [0.15, 0.2) is 0 Å². The third kappa shape index (κ3) is 4.56. The number of halogens is 4. The van der Waals surface area contributed by atoms with Crippen LogP contribution in [0.2, 0.25) is 39.3 Å². The number of hydrogen-bond acceptors (Lipinski definition) is 0. The van der Waals surface area contributed by atoms with Crippen molar-refractivity contribution in [3.63, 3.8) is 0 Å². The van der Waals surface area contributed by atoms with Crippen LogP contribution >= 0.6 is 45.4 Å². The molecule has 0 amide bonds. The van der Waals surface area contributed by atoms with Crippen molar-refractivity contribution in [2.45, 2.75) is 42.9 Å². The highest BCUT2D eigenvalue weighted by Gasteiger charge is 2.57. The van der Waals surface area contributed by atoms with Crippen molar-refractivity contribution in [1.29, 1.82) is 0 Å². The fourth-order valence-corrected chi connectivity index (χ4v) is 13.3. The first-order valence-electron chi connectivity index (χ1n) is 5.01. The fraction of sp³-hybridized carbons (Fsp3) is 0.778. The molecule has 0 aliphatic rings. The Balaban J connectivity index is 5.28. The fourth-order valence-electron chi connectivity index (χ4n) is 0.815. The van der Waals surface area contributed by atoms with Gasteiger partial charge in [0.1, 0.15) is 11.7 Å². The topological polar surface area (TPSA) is 0 Å². The van der Waals surface area contributed by atoms with Gasteiger partial charge in [-0.3, -0.25) is 0 Å². The van der Waals surface area contributed by atoms with Crippen LogP contribution in [-0.4, -0.2) is 26.4 Å². The molecule has 0 aromatic heterocycles. The largest absolute Gasteiger partial charge is 0.355 e. The Morgan fingerprint density at radius 3 is 1.44 bits per heavy atom. The van der Waals surface area contributed by atoms with Crippen LogP contribution in [-0.2, 0) is 0 Å². The maximum Gasteiger partial charge on any atom is 0.355 e. The van der Waals surface area contributed by atoms with Crippen molar-refractivity contribution in [2.24, 2.45) is 0 Å². The van der Waals surface area contributed by atoms with Gasteiger partial charge in [-0.05, 0) is 0 Å². The number of rotatable bonds is 2. The van der Waals surface area contributed by atoms with E-state index in [2.05, 4.69) is 50.4 Å². The van der Waals surface area contributed by atoms with E-state index in [1.54, 1.807) is 0 Å². The summed E-state index contributed by atoms with van der Waals surface area (Å²) >= 11 is 25.4. The van der Waals surface area contributed by atoms with E-state index in [4.69, 9.17) is 45.4 Å². The Morgan fingerprint density at radius 1 is 0.812 bits per heavy atom. The van der Waals surface area contributed by atoms with Gasteiger partial charge in [0.05, 0.1) is 8.07 Å². The predicted molar refractivity (Wildman–Crippen MR) is 86.4 cm³/mol. The van der Waals surface area contributed by atoms with E-state index >= 15 is 0 Å². The zero-order valence-corrected chi connectivity index (χ0v) is 16.5. The van der Waals surface area contributed by atoms with Crippen LogP contribution in [0, 0.1) is 11.1 Å². The third-order valence-corrected chi connectivity index (χ3v) is 19.0. The van der Waals surface area contributed by atoms with E-state index in [1.807, 2.05) is 0 Å². The van der Waals surface area contributed by atoms with E-state index in [9.17, 15) is 0 Å². The highest BCUT2D eigenvalue weighted by Crippen LogP contribution is 2.44. The van der Waals surface area contributed by atoms with Gasteiger partial charge in [-0.15, -0.1) is 50.9 Å². The molecule has 0 aliphatic carbocycles. The molecule has 0 saturated carbocycles. The molecule has 0 nitrogen and oxygen atoms in total.